The molecule has 2 atom stereocenters. The van der Waals surface area contributed by atoms with Crippen LogP contribution in [0.15, 0.2) is 95.1 Å². The molecular formula is C36H35N6O8S2+. The maximum atomic E-state index is 13.4. The van der Waals surface area contributed by atoms with Crippen molar-refractivity contribution in [2.24, 2.45) is 5.16 Å². The number of rotatable bonds is 12. The molecule has 16 heteroatoms. The van der Waals surface area contributed by atoms with E-state index in [-0.39, 0.29) is 39.5 Å². The molecular weight excluding hydrogens is 709 g/mol. The number of aromatic hydroxyl groups is 1. The summed E-state index contributed by atoms with van der Waals surface area (Å²) in [6.45, 7) is 7.04. The molecule has 2 unspecified atom stereocenters. The van der Waals surface area contributed by atoms with Crippen molar-refractivity contribution in [3.05, 3.63) is 107 Å². The summed E-state index contributed by atoms with van der Waals surface area (Å²) < 4.78 is 7.26. The monoisotopic (exact) mass is 743 g/mol. The highest BCUT2D eigenvalue weighted by molar-refractivity contribution is 8.00. The van der Waals surface area contributed by atoms with E-state index in [0.717, 1.165) is 33.2 Å². The molecule has 0 bridgehead atoms. The summed E-state index contributed by atoms with van der Waals surface area (Å²) in [5, 5.41) is 39.4. The number of hydrogen-bond acceptors (Lipinski definition) is 12. The van der Waals surface area contributed by atoms with E-state index in [0.29, 0.717) is 17.9 Å². The van der Waals surface area contributed by atoms with Crippen LogP contribution >= 0.6 is 23.1 Å². The number of β-lactam (4-membered cyclic amide) rings is 1. The van der Waals surface area contributed by atoms with Gasteiger partial charge in [0.05, 0.1) is 7.11 Å². The van der Waals surface area contributed by atoms with Crippen molar-refractivity contribution < 1.29 is 43.8 Å². The molecule has 6 rings (SSSR count). The Labute approximate surface area is 306 Å². The average molecular weight is 744 g/mol. The third-order valence-electron chi connectivity index (χ3n) is 8.48. The Hall–Kier alpha value is -5.87. The fourth-order valence-electron chi connectivity index (χ4n) is 5.45. The number of fused-ring (bicyclic) bond motifs is 2. The molecule has 2 aliphatic heterocycles. The number of thioether (sulfide) groups is 1. The van der Waals surface area contributed by atoms with Gasteiger partial charge in [-0.15, -0.1) is 23.1 Å². The van der Waals surface area contributed by atoms with Gasteiger partial charge >= 0.3 is 5.97 Å². The summed E-state index contributed by atoms with van der Waals surface area (Å²) >= 11 is 2.39. The number of nitrogens with one attached hydrogen (secondary N) is 1. The molecule has 2 aliphatic rings. The van der Waals surface area contributed by atoms with Crippen molar-refractivity contribution >= 4 is 68.6 Å². The molecule has 0 aliphatic carbocycles. The van der Waals surface area contributed by atoms with Crippen LogP contribution < -0.4 is 20.4 Å². The number of benzene rings is 2. The molecule has 52 heavy (non-hydrogen) atoms. The number of aromatic nitrogens is 2. The lowest BCUT2D eigenvalue weighted by Gasteiger charge is -2.49. The largest absolute Gasteiger partial charge is 0.509 e. The number of oxime groups is 1. The minimum absolute atomic E-state index is 0.0804. The highest BCUT2D eigenvalue weighted by Crippen LogP contribution is 2.41. The second kappa shape index (κ2) is 14.4. The minimum Gasteiger partial charge on any atom is -0.509 e. The van der Waals surface area contributed by atoms with E-state index in [4.69, 9.17) is 15.3 Å². The first-order chi connectivity index (χ1) is 24.7. The van der Waals surface area contributed by atoms with Crippen LogP contribution in [0.2, 0.25) is 0 Å². The number of allylic oxidation sites excluding steroid dienone is 1. The number of carbonyl (C=O) groups is 3. The van der Waals surface area contributed by atoms with Crippen LogP contribution in [0.3, 0.4) is 0 Å². The van der Waals surface area contributed by atoms with Crippen LogP contribution in [0.4, 0.5) is 5.13 Å². The molecule has 2 aromatic heterocycles. The molecule has 2 amide bonds. The number of anilines is 1. The zero-order valence-corrected chi connectivity index (χ0v) is 29.9. The Kier molecular flexibility index (Phi) is 9.95. The first-order valence-corrected chi connectivity index (χ1v) is 17.7. The number of nitrogens with two attached hydrogens (primary N) is 1. The first kappa shape index (κ1) is 35.9. The van der Waals surface area contributed by atoms with E-state index in [9.17, 15) is 29.7 Å². The Morgan fingerprint density at radius 1 is 1.19 bits per heavy atom. The molecule has 6 N–H and O–H groups in total. The number of aliphatic hydroxyl groups is 1. The van der Waals surface area contributed by atoms with Crippen molar-refractivity contribution in [2.75, 3.05) is 18.6 Å². The van der Waals surface area contributed by atoms with Gasteiger partial charge in [-0.3, -0.25) is 14.5 Å². The smallest absolute Gasteiger partial charge is 0.352 e. The lowest BCUT2D eigenvalue weighted by Crippen LogP contribution is -2.71. The SMILES string of the molecule is C=C(O)C(C)(C)O/N=C(\C(=O)NC1C(=O)N2C(C(=O)O)=C(/C=C\c3ccc(C[n+]4ccc5cc(O)c(OC)cc5c4)cc3)CSC12)c1csc(N)n1. The quantitative estimate of drug-likeness (QED) is 0.0463. The molecule has 4 aromatic rings. The van der Waals surface area contributed by atoms with Crippen molar-refractivity contribution in [1.82, 2.24) is 15.2 Å². The summed E-state index contributed by atoms with van der Waals surface area (Å²) in [7, 11) is 1.51. The fraction of sp³-hybridized carbons (Fsp3) is 0.222. The molecule has 2 aromatic carbocycles. The number of aliphatic carboxylic acids is 1. The summed E-state index contributed by atoms with van der Waals surface area (Å²) in [5.74, 6) is -2.23. The lowest BCUT2D eigenvalue weighted by atomic mass is 10.0. The molecule has 0 radical (unpaired) electrons. The van der Waals surface area contributed by atoms with E-state index in [1.165, 1.54) is 43.0 Å². The maximum Gasteiger partial charge on any atom is 0.352 e. The first-order valence-electron chi connectivity index (χ1n) is 15.8. The van der Waals surface area contributed by atoms with Crippen LogP contribution in [0.1, 0.15) is 30.7 Å². The Bertz CT molecular complexity index is 2190. The topological polar surface area (TPSA) is 201 Å². The van der Waals surface area contributed by atoms with Gasteiger partial charge in [0.2, 0.25) is 0 Å². The number of nitrogen functional groups attached to an aromatic ring is 1. The Morgan fingerprint density at radius 3 is 2.60 bits per heavy atom. The second-order valence-electron chi connectivity index (χ2n) is 12.4. The van der Waals surface area contributed by atoms with Crippen LogP contribution in [-0.4, -0.2) is 78.6 Å². The third kappa shape index (κ3) is 7.29. The van der Waals surface area contributed by atoms with Gasteiger partial charge < -0.3 is 35.9 Å². The zero-order chi connectivity index (χ0) is 37.3. The molecule has 14 nitrogen and oxygen atoms in total. The van der Waals surface area contributed by atoms with Crippen LogP contribution in [0.25, 0.3) is 16.8 Å². The number of carboxylic acid groups (broad SMARTS) is 1. The molecule has 0 spiro atoms. The number of thiazole rings is 1. The zero-order valence-electron chi connectivity index (χ0n) is 28.3. The Morgan fingerprint density at radius 2 is 1.94 bits per heavy atom. The minimum atomic E-state index is -1.33. The van der Waals surface area contributed by atoms with E-state index in [1.54, 1.807) is 24.3 Å². The highest BCUT2D eigenvalue weighted by atomic mass is 32.2. The van der Waals surface area contributed by atoms with Crippen LogP contribution in [-0.2, 0) is 25.8 Å². The lowest BCUT2D eigenvalue weighted by molar-refractivity contribution is -0.687. The number of phenols is 1. The van der Waals surface area contributed by atoms with Gasteiger partial charge in [-0.25, -0.2) is 14.3 Å². The summed E-state index contributed by atoms with van der Waals surface area (Å²) in [6, 6.07) is 12.1. The summed E-state index contributed by atoms with van der Waals surface area (Å²) in [6.07, 6.45) is 7.38. The highest BCUT2D eigenvalue weighted by Gasteiger charge is 2.54. The van der Waals surface area contributed by atoms with Crippen molar-refractivity contribution in [1.29, 1.82) is 0 Å². The number of aliphatic hydroxyl groups excluding tert-OH is 1. The number of hydrogen-bond donors (Lipinski definition) is 5. The van der Waals surface area contributed by atoms with E-state index in [1.807, 2.05) is 47.3 Å². The van der Waals surface area contributed by atoms with E-state index >= 15 is 0 Å². The van der Waals surface area contributed by atoms with Crippen LogP contribution in [0, 0.1) is 0 Å². The van der Waals surface area contributed by atoms with Gasteiger partial charge in [-0.2, -0.15) is 0 Å². The fourth-order valence-corrected chi connectivity index (χ4v) is 7.32. The van der Waals surface area contributed by atoms with Gasteiger partial charge in [0.15, 0.2) is 46.9 Å². The third-order valence-corrected chi connectivity index (χ3v) is 10.5. The number of amides is 2. The predicted octanol–water partition coefficient (Wildman–Crippen LogP) is 3.95. The predicted molar refractivity (Wildman–Crippen MR) is 197 cm³/mol. The number of phenolic OH excluding ortho intramolecular Hbond substituents is 1. The van der Waals surface area contributed by atoms with Crippen LogP contribution in [0.5, 0.6) is 11.5 Å². The molecule has 1 fully saturated rings. The second-order valence-corrected chi connectivity index (χ2v) is 14.4. The standard InChI is InChI=1S/C36H34N6O8S2/c1-19(43)36(2,3)50-40-28(25-18-52-35(37)38-25)31(45)39-29-32(46)42-30(34(47)48)23(17-51-33(29)42)10-9-20-5-7-21(8-6-20)15-41-12-11-22-13-26(44)27(49-4)14-24(22)16-41/h5-14,16,18,29,33H,1,15,17H2,2-4H3,(H5,37,38,39,43,45,47,48)/p+1/b10-9-,40-28-. The van der Waals surface area contributed by atoms with E-state index in [2.05, 4.69) is 22.0 Å². The normalized spacial score (nSPS) is 17.6. The van der Waals surface area contributed by atoms with Gasteiger partial charge in [-0.1, -0.05) is 48.2 Å². The van der Waals surface area contributed by atoms with Gasteiger partial charge in [0.1, 0.15) is 28.6 Å². The number of pyridine rings is 1. The summed E-state index contributed by atoms with van der Waals surface area (Å²) in [4.78, 5) is 49.8. The Balaban J connectivity index is 1.14. The number of carboxylic acids is 1. The molecule has 4 heterocycles. The number of carbonyl (C=O) groups excluding carboxylic acids is 2. The van der Waals surface area contributed by atoms with Gasteiger partial charge in [-0.05, 0) is 42.5 Å². The van der Waals surface area contributed by atoms with Crippen molar-refractivity contribution in [2.45, 2.75) is 37.4 Å². The number of nitrogens with zero attached hydrogens (tertiary/aromatic N) is 4. The van der Waals surface area contributed by atoms with Crippen molar-refractivity contribution in [3.63, 3.8) is 0 Å². The van der Waals surface area contributed by atoms with Crippen molar-refractivity contribution in [3.8, 4) is 11.5 Å². The number of ether oxygens (including phenoxy) is 1. The maximum absolute atomic E-state index is 13.4. The molecule has 1 saturated heterocycles. The average Bonchev–Trinajstić information content (AvgIpc) is 3.54. The summed E-state index contributed by atoms with van der Waals surface area (Å²) in [5.41, 5.74) is 6.41. The number of methoxy groups -OCH3 is 1. The van der Waals surface area contributed by atoms with Gasteiger partial charge in [0, 0.05) is 28.1 Å². The van der Waals surface area contributed by atoms with Gasteiger partial charge in [0.25, 0.3) is 11.8 Å². The molecule has 268 valence electrons. The molecule has 0 saturated carbocycles. The van der Waals surface area contributed by atoms with E-state index < -0.39 is 34.8 Å².